The summed E-state index contributed by atoms with van der Waals surface area (Å²) < 4.78 is 10.4. The van der Waals surface area contributed by atoms with Crippen molar-refractivity contribution in [3.05, 3.63) is 59.7 Å². The van der Waals surface area contributed by atoms with Crippen LogP contribution in [0, 0.1) is 11.8 Å². The third-order valence-corrected chi connectivity index (χ3v) is 6.47. The molecule has 2 aliphatic rings. The van der Waals surface area contributed by atoms with Crippen LogP contribution in [-0.2, 0) is 19.1 Å². The van der Waals surface area contributed by atoms with Gasteiger partial charge in [0.25, 0.3) is 0 Å². The number of aliphatic carboxylic acids is 1. The van der Waals surface area contributed by atoms with Crippen molar-refractivity contribution < 1.29 is 29.0 Å². The third kappa shape index (κ3) is 5.56. The van der Waals surface area contributed by atoms with Gasteiger partial charge in [0.1, 0.15) is 6.61 Å². The van der Waals surface area contributed by atoms with Crippen LogP contribution in [0.25, 0.3) is 11.1 Å². The summed E-state index contributed by atoms with van der Waals surface area (Å²) in [5.41, 5.74) is 4.55. The molecule has 0 aromatic heterocycles. The molecule has 2 amide bonds. The van der Waals surface area contributed by atoms with Gasteiger partial charge in [0, 0.05) is 19.6 Å². The van der Waals surface area contributed by atoms with Gasteiger partial charge in [-0.15, -0.1) is 0 Å². The van der Waals surface area contributed by atoms with Crippen LogP contribution >= 0.6 is 0 Å². The maximum Gasteiger partial charge on any atom is 0.407 e. The number of rotatable bonds is 11. The molecule has 2 aliphatic carbocycles. The Labute approximate surface area is 198 Å². The van der Waals surface area contributed by atoms with Crippen LogP contribution in [0.3, 0.4) is 0 Å². The number of methoxy groups -OCH3 is 1. The van der Waals surface area contributed by atoms with Crippen molar-refractivity contribution in [1.29, 1.82) is 0 Å². The average Bonchev–Trinajstić information content (AvgIpc) is 3.60. The zero-order valence-corrected chi connectivity index (χ0v) is 19.2. The predicted octanol–water partition coefficient (Wildman–Crippen LogP) is 3.16. The predicted molar refractivity (Wildman–Crippen MR) is 125 cm³/mol. The molecule has 8 nitrogen and oxygen atoms in total. The summed E-state index contributed by atoms with van der Waals surface area (Å²) in [5, 5.41) is 14.5. The zero-order chi connectivity index (χ0) is 24.1. The van der Waals surface area contributed by atoms with Gasteiger partial charge in [-0.05, 0) is 34.6 Å². The highest BCUT2D eigenvalue weighted by molar-refractivity contribution is 5.85. The molecule has 0 saturated heterocycles. The standard InChI is InChI=1S/C26H30N2O6/c1-33-15-23(25(30)31)28-24(29)17(12-16-10-11-16)13-27-26(32)34-14-22-20-8-4-2-6-18(20)19-7-3-5-9-21(19)22/h2-9,16-17,22-23H,10-15H2,1H3,(H,27,32)(H,28,29)(H,30,31)/t17?,23-/m0/s1. The van der Waals surface area contributed by atoms with E-state index in [1.165, 1.54) is 7.11 Å². The van der Waals surface area contributed by atoms with Crippen LogP contribution in [0.4, 0.5) is 4.79 Å². The van der Waals surface area contributed by atoms with E-state index in [1.54, 1.807) is 0 Å². The number of nitrogens with one attached hydrogen (secondary N) is 2. The first-order valence-electron chi connectivity index (χ1n) is 11.6. The van der Waals surface area contributed by atoms with E-state index in [-0.39, 0.29) is 25.7 Å². The Morgan fingerprint density at radius 3 is 2.21 bits per heavy atom. The van der Waals surface area contributed by atoms with E-state index in [0.29, 0.717) is 12.3 Å². The van der Waals surface area contributed by atoms with Gasteiger partial charge >= 0.3 is 12.1 Å². The van der Waals surface area contributed by atoms with E-state index < -0.39 is 29.9 Å². The molecule has 0 bridgehead atoms. The summed E-state index contributed by atoms with van der Waals surface area (Å²) in [5.74, 6) is -1.73. The highest BCUT2D eigenvalue weighted by Crippen LogP contribution is 2.44. The number of fused-ring (bicyclic) bond motifs is 3. The van der Waals surface area contributed by atoms with Crippen molar-refractivity contribution in [2.45, 2.75) is 31.2 Å². The summed E-state index contributed by atoms with van der Waals surface area (Å²) in [6, 6.07) is 15.1. The third-order valence-electron chi connectivity index (χ3n) is 6.47. The lowest BCUT2D eigenvalue weighted by molar-refractivity contribution is -0.144. The number of carbonyl (C=O) groups is 3. The summed E-state index contributed by atoms with van der Waals surface area (Å²) in [4.78, 5) is 36.6. The van der Waals surface area contributed by atoms with Crippen LogP contribution in [0.1, 0.15) is 36.3 Å². The lowest BCUT2D eigenvalue weighted by Gasteiger charge is -2.21. The van der Waals surface area contributed by atoms with Crippen molar-refractivity contribution in [2.75, 3.05) is 26.9 Å². The lowest BCUT2D eigenvalue weighted by atomic mass is 9.98. The molecule has 0 aliphatic heterocycles. The van der Waals surface area contributed by atoms with Crippen LogP contribution in [0.15, 0.2) is 48.5 Å². The van der Waals surface area contributed by atoms with E-state index in [1.807, 2.05) is 24.3 Å². The van der Waals surface area contributed by atoms with Crippen molar-refractivity contribution in [3.8, 4) is 11.1 Å². The number of hydrogen-bond acceptors (Lipinski definition) is 5. The molecule has 1 fully saturated rings. The summed E-state index contributed by atoms with van der Waals surface area (Å²) in [7, 11) is 1.38. The molecule has 2 aromatic rings. The van der Waals surface area contributed by atoms with Gasteiger partial charge in [-0.1, -0.05) is 61.4 Å². The molecule has 34 heavy (non-hydrogen) atoms. The van der Waals surface area contributed by atoms with Gasteiger partial charge in [0.15, 0.2) is 6.04 Å². The van der Waals surface area contributed by atoms with E-state index in [9.17, 15) is 19.5 Å². The number of carbonyl (C=O) groups excluding carboxylic acids is 2. The molecular formula is C26H30N2O6. The Kier molecular flexibility index (Phi) is 7.47. The minimum Gasteiger partial charge on any atom is -0.480 e. The first kappa shape index (κ1) is 23.8. The van der Waals surface area contributed by atoms with Crippen molar-refractivity contribution in [2.24, 2.45) is 11.8 Å². The van der Waals surface area contributed by atoms with Crippen molar-refractivity contribution in [1.82, 2.24) is 10.6 Å². The van der Waals surface area contributed by atoms with Gasteiger partial charge in [-0.3, -0.25) is 4.79 Å². The summed E-state index contributed by atoms with van der Waals surface area (Å²) in [6.45, 7) is 0.142. The number of carboxylic acids is 1. The second-order valence-corrected chi connectivity index (χ2v) is 8.94. The maximum atomic E-state index is 12.7. The number of carboxylic acid groups (broad SMARTS) is 1. The molecule has 2 aromatic carbocycles. The molecule has 1 unspecified atom stereocenters. The largest absolute Gasteiger partial charge is 0.480 e. The normalized spacial score (nSPS) is 16.1. The Hall–Kier alpha value is -3.39. The Morgan fingerprint density at radius 1 is 1.03 bits per heavy atom. The van der Waals surface area contributed by atoms with E-state index in [4.69, 9.17) is 9.47 Å². The van der Waals surface area contributed by atoms with Gasteiger partial charge in [-0.2, -0.15) is 0 Å². The van der Waals surface area contributed by atoms with Crippen LogP contribution in [-0.4, -0.2) is 56.0 Å². The number of benzene rings is 2. The molecule has 1 saturated carbocycles. The quantitative estimate of drug-likeness (QED) is 0.469. The molecule has 0 heterocycles. The molecule has 8 heteroatoms. The second kappa shape index (κ2) is 10.7. The molecule has 0 spiro atoms. The first-order valence-corrected chi connectivity index (χ1v) is 11.6. The lowest BCUT2D eigenvalue weighted by Crippen LogP contribution is -2.48. The Bertz CT molecular complexity index is 1010. The van der Waals surface area contributed by atoms with Gasteiger partial charge in [-0.25, -0.2) is 9.59 Å². The van der Waals surface area contributed by atoms with Crippen LogP contribution in [0.5, 0.6) is 0 Å². The molecule has 4 rings (SSSR count). The SMILES string of the molecule is COC[C@H](NC(=O)C(CNC(=O)OCC1c2ccccc2-c2ccccc21)CC1CC1)C(=O)O. The van der Waals surface area contributed by atoms with Crippen molar-refractivity contribution >= 4 is 18.0 Å². The molecule has 0 radical (unpaired) electrons. The Morgan fingerprint density at radius 2 is 1.65 bits per heavy atom. The zero-order valence-electron chi connectivity index (χ0n) is 19.2. The monoisotopic (exact) mass is 466 g/mol. The maximum absolute atomic E-state index is 12.7. The number of ether oxygens (including phenoxy) is 2. The average molecular weight is 467 g/mol. The topological polar surface area (TPSA) is 114 Å². The number of alkyl carbamates (subject to hydrolysis) is 1. The smallest absolute Gasteiger partial charge is 0.407 e. The minimum absolute atomic E-state index is 0.0471. The van der Waals surface area contributed by atoms with Gasteiger partial charge in [0.05, 0.1) is 12.5 Å². The molecule has 3 N–H and O–H groups in total. The highest BCUT2D eigenvalue weighted by Gasteiger charge is 2.32. The van der Waals surface area contributed by atoms with Gasteiger partial charge < -0.3 is 25.2 Å². The van der Waals surface area contributed by atoms with Gasteiger partial charge in [0.2, 0.25) is 5.91 Å². The molecule has 180 valence electrons. The second-order valence-electron chi connectivity index (χ2n) is 8.94. The van der Waals surface area contributed by atoms with E-state index in [0.717, 1.165) is 35.1 Å². The first-order chi connectivity index (χ1) is 16.5. The minimum atomic E-state index is -1.16. The van der Waals surface area contributed by atoms with Crippen LogP contribution in [0.2, 0.25) is 0 Å². The van der Waals surface area contributed by atoms with Crippen molar-refractivity contribution in [3.63, 3.8) is 0 Å². The summed E-state index contributed by atoms with van der Waals surface area (Å²) >= 11 is 0. The fraction of sp³-hybridized carbons (Fsp3) is 0.423. The van der Waals surface area contributed by atoms with E-state index >= 15 is 0 Å². The summed E-state index contributed by atoms with van der Waals surface area (Å²) in [6.07, 6.45) is 2.07. The Balaban J connectivity index is 1.34. The molecule has 2 atom stereocenters. The number of hydrogen-bond donors (Lipinski definition) is 3. The highest BCUT2D eigenvalue weighted by atomic mass is 16.5. The fourth-order valence-corrected chi connectivity index (χ4v) is 4.53. The van der Waals surface area contributed by atoms with Crippen LogP contribution < -0.4 is 10.6 Å². The molecular weight excluding hydrogens is 436 g/mol. The fourth-order valence-electron chi connectivity index (χ4n) is 4.53. The van der Waals surface area contributed by atoms with E-state index in [2.05, 4.69) is 34.9 Å². The number of amides is 2.